The fourth-order valence-corrected chi connectivity index (χ4v) is 1.41. The van der Waals surface area contributed by atoms with Gasteiger partial charge in [0.25, 0.3) is 0 Å². The standard InChI is InChI=1S/C13H13NO2/c1-10-5-4-6-11(14-10)9-16-13-8-3-2-7-12(13)15/h2-8,15H,9H2,1H3. The number of benzene rings is 1. The maximum absolute atomic E-state index is 9.50. The summed E-state index contributed by atoms with van der Waals surface area (Å²) in [6.07, 6.45) is 0. The Morgan fingerprint density at radius 3 is 2.69 bits per heavy atom. The molecule has 2 rings (SSSR count). The second-order valence-corrected chi connectivity index (χ2v) is 3.53. The summed E-state index contributed by atoms with van der Waals surface area (Å²) in [4.78, 5) is 4.31. The number of aryl methyl sites for hydroxylation is 1. The van der Waals surface area contributed by atoms with E-state index in [1.54, 1.807) is 18.2 Å². The molecule has 0 spiro atoms. The Morgan fingerprint density at radius 1 is 1.12 bits per heavy atom. The van der Waals surface area contributed by atoms with E-state index >= 15 is 0 Å². The zero-order valence-corrected chi connectivity index (χ0v) is 9.05. The molecule has 82 valence electrons. The molecule has 0 saturated carbocycles. The lowest BCUT2D eigenvalue weighted by atomic mass is 10.3. The smallest absolute Gasteiger partial charge is 0.161 e. The third kappa shape index (κ3) is 2.51. The first-order chi connectivity index (χ1) is 7.75. The molecule has 0 aliphatic heterocycles. The van der Waals surface area contributed by atoms with E-state index in [9.17, 15) is 5.11 Å². The molecule has 0 saturated heterocycles. The van der Waals surface area contributed by atoms with Crippen LogP contribution in [0.1, 0.15) is 11.4 Å². The van der Waals surface area contributed by atoms with Crippen molar-refractivity contribution in [2.24, 2.45) is 0 Å². The van der Waals surface area contributed by atoms with Crippen LogP contribution < -0.4 is 4.74 Å². The van der Waals surface area contributed by atoms with Gasteiger partial charge >= 0.3 is 0 Å². The topological polar surface area (TPSA) is 42.4 Å². The molecule has 0 amide bonds. The van der Waals surface area contributed by atoms with Gasteiger partial charge in [0, 0.05) is 5.69 Å². The van der Waals surface area contributed by atoms with Crippen LogP contribution in [0, 0.1) is 6.92 Å². The molecule has 0 unspecified atom stereocenters. The lowest BCUT2D eigenvalue weighted by molar-refractivity contribution is 0.284. The van der Waals surface area contributed by atoms with Gasteiger partial charge in [-0.1, -0.05) is 18.2 Å². The van der Waals surface area contributed by atoms with Crippen LogP contribution in [0.2, 0.25) is 0 Å². The highest BCUT2D eigenvalue weighted by molar-refractivity contribution is 5.37. The number of aromatic nitrogens is 1. The number of phenolic OH excluding ortho intramolecular Hbond substituents is 1. The van der Waals surface area contributed by atoms with Gasteiger partial charge in [-0.25, -0.2) is 0 Å². The minimum Gasteiger partial charge on any atom is -0.504 e. The van der Waals surface area contributed by atoms with Gasteiger partial charge in [-0.3, -0.25) is 4.98 Å². The minimum absolute atomic E-state index is 0.148. The Hall–Kier alpha value is -2.03. The van der Waals surface area contributed by atoms with E-state index in [-0.39, 0.29) is 5.75 Å². The Morgan fingerprint density at radius 2 is 1.94 bits per heavy atom. The first kappa shape index (κ1) is 10.5. The molecule has 1 N–H and O–H groups in total. The molecule has 2 aromatic rings. The van der Waals surface area contributed by atoms with Crippen molar-refractivity contribution in [3.8, 4) is 11.5 Å². The second kappa shape index (κ2) is 4.66. The Bertz CT molecular complexity index is 483. The Kier molecular flexibility index (Phi) is 3.05. The maximum atomic E-state index is 9.50. The molecule has 1 heterocycles. The molecule has 0 atom stereocenters. The fourth-order valence-electron chi connectivity index (χ4n) is 1.41. The summed E-state index contributed by atoms with van der Waals surface area (Å²) in [6.45, 7) is 2.29. The van der Waals surface area contributed by atoms with Crippen LogP contribution in [0.3, 0.4) is 0 Å². The largest absolute Gasteiger partial charge is 0.504 e. The number of rotatable bonds is 3. The van der Waals surface area contributed by atoms with Gasteiger partial charge in [0.15, 0.2) is 11.5 Å². The molecule has 0 radical (unpaired) electrons. The van der Waals surface area contributed by atoms with Gasteiger partial charge in [0.1, 0.15) is 6.61 Å². The zero-order chi connectivity index (χ0) is 11.4. The van der Waals surface area contributed by atoms with Crippen LogP contribution in [0.15, 0.2) is 42.5 Å². The number of hydrogen-bond donors (Lipinski definition) is 1. The van der Waals surface area contributed by atoms with Crippen molar-refractivity contribution in [1.82, 2.24) is 4.98 Å². The molecule has 3 nitrogen and oxygen atoms in total. The molecule has 0 bridgehead atoms. The number of pyridine rings is 1. The number of phenols is 1. The molecule has 0 aliphatic carbocycles. The summed E-state index contributed by atoms with van der Waals surface area (Å²) in [6, 6.07) is 12.7. The third-order valence-electron chi connectivity index (χ3n) is 2.19. The highest BCUT2D eigenvalue weighted by atomic mass is 16.5. The van der Waals surface area contributed by atoms with E-state index < -0.39 is 0 Å². The molecule has 3 heteroatoms. The van der Waals surface area contributed by atoms with Gasteiger partial charge in [-0.15, -0.1) is 0 Å². The molecular formula is C13H13NO2. The summed E-state index contributed by atoms with van der Waals surface area (Å²) in [5.41, 5.74) is 1.81. The van der Waals surface area contributed by atoms with E-state index in [2.05, 4.69) is 4.98 Å². The first-order valence-corrected chi connectivity index (χ1v) is 5.09. The molecule has 1 aromatic heterocycles. The van der Waals surface area contributed by atoms with E-state index in [1.807, 2.05) is 31.2 Å². The second-order valence-electron chi connectivity index (χ2n) is 3.53. The predicted octanol–water partition coefficient (Wildman–Crippen LogP) is 2.67. The van der Waals surface area contributed by atoms with E-state index in [0.717, 1.165) is 11.4 Å². The van der Waals surface area contributed by atoms with E-state index in [4.69, 9.17) is 4.74 Å². The summed E-state index contributed by atoms with van der Waals surface area (Å²) < 4.78 is 5.47. The monoisotopic (exact) mass is 215 g/mol. The molecule has 1 aromatic carbocycles. The number of para-hydroxylation sites is 2. The van der Waals surface area contributed by atoms with Crippen LogP contribution in [0.25, 0.3) is 0 Å². The minimum atomic E-state index is 0.148. The van der Waals surface area contributed by atoms with Crippen molar-refractivity contribution in [3.63, 3.8) is 0 Å². The van der Waals surface area contributed by atoms with Crippen molar-refractivity contribution < 1.29 is 9.84 Å². The Labute approximate surface area is 94.3 Å². The van der Waals surface area contributed by atoms with Gasteiger partial charge in [0.2, 0.25) is 0 Å². The molecule has 0 fully saturated rings. The summed E-state index contributed by atoms with van der Waals surface area (Å²) in [7, 11) is 0. The Balaban J connectivity index is 2.05. The van der Waals surface area contributed by atoms with E-state index in [1.165, 1.54) is 0 Å². The fraction of sp³-hybridized carbons (Fsp3) is 0.154. The average Bonchev–Trinajstić information content (AvgIpc) is 2.28. The number of nitrogens with zero attached hydrogens (tertiary/aromatic N) is 1. The van der Waals surface area contributed by atoms with Crippen LogP contribution >= 0.6 is 0 Å². The zero-order valence-electron chi connectivity index (χ0n) is 9.05. The number of aromatic hydroxyl groups is 1. The molecular weight excluding hydrogens is 202 g/mol. The van der Waals surface area contributed by atoms with Crippen LogP contribution in [-0.4, -0.2) is 10.1 Å². The quantitative estimate of drug-likeness (QED) is 0.855. The SMILES string of the molecule is Cc1cccc(COc2ccccc2O)n1. The lowest BCUT2D eigenvalue weighted by Gasteiger charge is -2.07. The summed E-state index contributed by atoms with van der Waals surface area (Å²) in [5, 5.41) is 9.50. The summed E-state index contributed by atoms with van der Waals surface area (Å²) >= 11 is 0. The normalized spacial score (nSPS) is 10.1. The third-order valence-corrected chi connectivity index (χ3v) is 2.19. The summed E-state index contributed by atoms with van der Waals surface area (Å²) in [5.74, 6) is 0.626. The van der Waals surface area contributed by atoms with Gasteiger partial charge in [-0.2, -0.15) is 0 Å². The average molecular weight is 215 g/mol. The van der Waals surface area contributed by atoms with Crippen molar-refractivity contribution >= 4 is 0 Å². The highest BCUT2D eigenvalue weighted by Gasteiger charge is 2.01. The highest BCUT2D eigenvalue weighted by Crippen LogP contribution is 2.24. The van der Waals surface area contributed by atoms with Gasteiger partial charge in [-0.05, 0) is 31.2 Å². The van der Waals surface area contributed by atoms with E-state index in [0.29, 0.717) is 12.4 Å². The number of hydrogen-bond acceptors (Lipinski definition) is 3. The lowest BCUT2D eigenvalue weighted by Crippen LogP contribution is -1.99. The van der Waals surface area contributed by atoms with Crippen LogP contribution in [0.5, 0.6) is 11.5 Å². The predicted molar refractivity (Wildman–Crippen MR) is 61.4 cm³/mol. The first-order valence-electron chi connectivity index (χ1n) is 5.09. The van der Waals surface area contributed by atoms with Crippen molar-refractivity contribution in [1.29, 1.82) is 0 Å². The maximum Gasteiger partial charge on any atom is 0.161 e. The molecule has 0 aliphatic rings. The van der Waals surface area contributed by atoms with Gasteiger partial charge < -0.3 is 9.84 Å². The van der Waals surface area contributed by atoms with Crippen LogP contribution in [-0.2, 0) is 6.61 Å². The molecule has 16 heavy (non-hydrogen) atoms. The van der Waals surface area contributed by atoms with Gasteiger partial charge in [0.05, 0.1) is 5.69 Å². The number of ether oxygens (including phenoxy) is 1. The van der Waals surface area contributed by atoms with Crippen molar-refractivity contribution in [2.45, 2.75) is 13.5 Å². The van der Waals surface area contributed by atoms with Crippen molar-refractivity contribution in [3.05, 3.63) is 53.9 Å². The van der Waals surface area contributed by atoms with Crippen LogP contribution in [0.4, 0.5) is 0 Å². The van der Waals surface area contributed by atoms with Crippen molar-refractivity contribution in [2.75, 3.05) is 0 Å².